The summed E-state index contributed by atoms with van der Waals surface area (Å²) in [4.78, 5) is 1.34. The zero-order chi connectivity index (χ0) is 9.10. The summed E-state index contributed by atoms with van der Waals surface area (Å²) in [5.74, 6) is 2.57. The SMILES string of the molecule is Clc1csc(CNC2CCSC2)c1. The van der Waals surface area contributed by atoms with Gasteiger partial charge in [-0.05, 0) is 18.2 Å². The van der Waals surface area contributed by atoms with Gasteiger partial charge in [-0.3, -0.25) is 0 Å². The molecule has 1 atom stereocenters. The van der Waals surface area contributed by atoms with Gasteiger partial charge in [0.15, 0.2) is 0 Å². The van der Waals surface area contributed by atoms with Crippen LogP contribution in [0, 0.1) is 0 Å². The van der Waals surface area contributed by atoms with E-state index >= 15 is 0 Å². The van der Waals surface area contributed by atoms with E-state index in [9.17, 15) is 0 Å². The molecule has 1 fully saturated rings. The molecule has 1 saturated heterocycles. The lowest BCUT2D eigenvalue weighted by Gasteiger charge is -2.08. The lowest BCUT2D eigenvalue weighted by atomic mass is 10.2. The molecule has 1 aromatic rings. The predicted octanol–water partition coefficient (Wildman–Crippen LogP) is 3.00. The van der Waals surface area contributed by atoms with E-state index in [0.717, 1.165) is 11.6 Å². The van der Waals surface area contributed by atoms with Crippen LogP contribution in [0.2, 0.25) is 5.02 Å². The second kappa shape index (κ2) is 4.69. The van der Waals surface area contributed by atoms with Crippen molar-refractivity contribution in [3.05, 3.63) is 21.3 Å². The van der Waals surface area contributed by atoms with Crippen LogP contribution in [0.4, 0.5) is 0 Å². The van der Waals surface area contributed by atoms with Gasteiger partial charge in [0.05, 0.1) is 5.02 Å². The summed E-state index contributed by atoms with van der Waals surface area (Å²) < 4.78 is 0. The van der Waals surface area contributed by atoms with E-state index < -0.39 is 0 Å². The Morgan fingerprint density at radius 3 is 3.15 bits per heavy atom. The average molecular weight is 234 g/mol. The number of nitrogens with one attached hydrogen (secondary N) is 1. The predicted molar refractivity (Wildman–Crippen MR) is 61.9 cm³/mol. The van der Waals surface area contributed by atoms with Crippen molar-refractivity contribution in [2.45, 2.75) is 19.0 Å². The molecule has 0 spiro atoms. The van der Waals surface area contributed by atoms with Crippen molar-refractivity contribution < 1.29 is 0 Å². The molecule has 72 valence electrons. The lowest BCUT2D eigenvalue weighted by molar-refractivity contribution is 0.561. The van der Waals surface area contributed by atoms with Crippen LogP contribution in [0.3, 0.4) is 0 Å². The zero-order valence-corrected chi connectivity index (χ0v) is 9.64. The van der Waals surface area contributed by atoms with E-state index in [0.29, 0.717) is 6.04 Å². The summed E-state index contributed by atoms with van der Waals surface area (Å²) in [5.41, 5.74) is 0. The van der Waals surface area contributed by atoms with E-state index in [1.807, 2.05) is 23.2 Å². The molecule has 0 radical (unpaired) electrons. The third kappa shape index (κ3) is 2.88. The molecule has 0 saturated carbocycles. The summed E-state index contributed by atoms with van der Waals surface area (Å²) in [6.07, 6.45) is 1.31. The minimum absolute atomic E-state index is 0.714. The molecular formula is C9H12ClNS2. The molecule has 0 aliphatic carbocycles. The van der Waals surface area contributed by atoms with E-state index in [4.69, 9.17) is 11.6 Å². The first-order valence-electron chi connectivity index (χ1n) is 4.38. The maximum absolute atomic E-state index is 5.83. The Labute approximate surface area is 91.9 Å². The quantitative estimate of drug-likeness (QED) is 0.862. The summed E-state index contributed by atoms with van der Waals surface area (Å²) in [6, 6.07) is 2.76. The van der Waals surface area contributed by atoms with Crippen LogP contribution in [0.1, 0.15) is 11.3 Å². The van der Waals surface area contributed by atoms with Crippen LogP contribution >= 0.6 is 34.7 Å². The summed E-state index contributed by atoms with van der Waals surface area (Å²) in [6.45, 7) is 0.975. The molecule has 1 aliphatic heterocycles. The van der Waals surface area contributed by atoms with Gasteiger partial charge in [0.1, 0.15) is 0 Å². The minimum Gasteiger partial charge on any atom is -0.308 e. The van der Waals surface area contributed by atoms with E-state index in [1.165, 1.54) is 22.8 Å². The number of thiophene rings is 1. The highest BCUT2D eigenvalue weighted by Crippen LogP contribution is 2.21. The maximum atomic E-state index is 5.83. The van der Waals surface area contributed by atoms with Gasteiger partial charge in [0.25, 0.3) is 0 Å². The van der Waals surface area contributed by atoms with Crippen LogP contribution in [0.5, 0.6) is 0 Å². The van der Waals surface area contributed by atoms with Crippen LogP contribution < -0.4 is 5.32 Å². The summed E-state index contributed by atoms with van der Waals surface area (Å²) >= 11 is 9.60. The first-order chi connectivity index (χ1) is 6.34. The molecule has 0 amide bonds. The average Bonchev–Trinajstić information content (AvgIpc) is 2.71. The standard InChI is InChI=1S/C9H12ClNS2/c10-7-3-9(13-5-7)4-11-8-1-2-12-6-8/h3,5,8,11H,1-2,4,6H2. The third-order valence-electron chi connectivity index (χ3n) is 2.12. The molecule has 13 heavy (non-hydrogen) atoms. The van der Waals surface area contributed by atoms with Gasteiger partial charge in [0.2, 0.25) is 0 Å². The first-order valence-corrected chi connectivity index (χ1v) is 6.80. The van der Waals surface area contributed by atoms with Gasteiger partial charge < -0.3 is 5.32 Å². The lowest BCUT2D eigenvalue weighted by Crippen LogP contribution is -2.27. The Bertz CT molecular complexity index is 268. The second-order valence-corrected chi connectivity index (χ2v) is 5.75. The van der Waals surface area contributed by atoms with Gasteiger partial charge in [-0.2, -0.15) is 11.8 Å². The van der Waals surface area contributed by atoms with Gasteiger partial charge >= 0.3 is 0 Å². The molecule has 4 heteroatoms. The van der Waals surface area contributed by atoms with Gasteiger partial charge in [-0.15, -0.1) is 11.3 Å². The van der Waals surface area contributed by atoms with Crippen LogP contribution in [0.15, 0.2) is 11.4 Å². The second-order valence-electron chi connectivity index (χ2n) is 3.17. The number of thioether (sulfide) groups is 1. The molecule has 2 heterocycles. The topological polar surface area (TPSA) is 12.0 Å². The normalized spacial score (nSPS) is 22.4. The van der Waals surface area contributed by atoms with Crippen molar-refractivity contribution >= 4 is 34.7 Å². The highest BCUT2D eigenvalue weighted by atomic mass is 35.5. The van der Waals surface area contributed by atoms with Gasteiger partial charge in [-0.25, -0.2) is 0 Å². The molecule has 2 rings (SSSR count). The molecule has 1 aliphatic rings. The highest BCUT2D eigenvalue weighted by Gasteiger charge is 2.14. The highest BCUT2D eigenvalue weighted by molar-refractivity contribution is 7.99. The molecular weight excluding hydrogens is 222 g/mol. The molecule has 1 N–H and O–H groups in total. The fourth-order valence-electron chi connectivity index (χ4n) is 1.39. The van der Waals surface area contributed by atoms with Crippen LogP contribution in [-0.4, -0.2) is 17.5 Å². The smallest absolute Gasteiger partial charge is 0.0516 e. The number of hydrogen-bond acceptors (Lipinski definition) is 3. The van der Waals surface area contributed by atoms with Crippen LogP contribution in [0.25, 0.3) is 0 Å². The third-order valence-corrected chi connectivity index (χ3v) is 4.56. The fourth-order valence-corrected chi connectivity index (χ4v) is 3.60. The number of rotatable bonds is 3. The molecule has 1 aromatic heterocycles. The Morgan fingerprint density at radius 1 is 1.62 bits per heavy atom. The Balaban J connectivity index is 1.78. The van der Waals surface area contributed by atoms with E-state index in [-0.39, 0.29) is 0 Å². The van der Waals surface area contributed by atoms with Crippen LogP contribution in [-0.2, 0) is 6.54 Å². The molecule has 0 bridgehead atoms. The van der Waals surface area contributed by atoms with Gasteiger partial charge in [-0.1, -0.05) is 11.6 Å². The van der Waals surface area contributed by atoms with Crippen molar-refractivity contribution in [1.29, 1.82) is 0 Å². The summed E-state index contributed by atoms with van der Waals surface area (Å²) in [5, 5.41) is 6.39. The van der Waals surface area contributed by atoms with Crippen molar-refractivity contribution in [3.8, 4) is 0 Å². The van der Waals surface area contributed by atoms with Crippen molar-refractivity contribution in [3.63, 3.8) is 0 Å². The summed E-state index contributed by atoms with van der Waals surface area (Å²) in [7, 11) is 0. The molecule has 1 nitrogen and oxygen atoms in total. The largest absolute Gasteiger partial charge is 0.308 e. The monoisotopic (exact) mass is 233 g/mol. The number of halogens is 1. The Kier molecular flexibility index (Phi) is 3.55. The minimum atomic E-state index is 0.714. The Hall–Kier alpha value is 0.300. The fraction of sp³-hybridized carbons (Fsp3) is 0.556. The van der Waals surface area contributed by atoms with Crippen molar-refractivity contribution in [2.24, 2.45) is 0 Å². The van der Waals surface area contributed by atoms with Crippen molar-refractivity contribution in [1.82, 2.24) is 5.32 Å². The van der Waals surface area contributed by atoms with Gasteiger partial charge in [0, 0.05) is 28.6 Å². The van der Waals surface area contributed by atoms with Crippen molar-refractivity contribution in [2.75, 3.05) is 11.5 Å². The number of hydrogen-bond donors (Lipinski definition) is 1. The van der Waals surface area contributed by atoms with E-state index in [2.05, 4.69) is 5.32 Å². The maximum Gasteiger partial charge on any atom is 0.0516 e. The molecule has 1 unspecified atom stereocenters. The first kappa shape index (κ1) is 9.84. The van der Waals surface area contributed by atoms with E-state index in [1.54, 1.807) is 11.3 Å². The Morgan fingerprint density at radius 2 is 2.54 bits per heavy atom. The molecule has 0 aromatic carbocycles. The zero-order valence-electron chi connectivity index (χ0n) is 7.25.